The van der Waals surface area contributed by atoms with E-state index in [-0.39, 0.29) is 0 Å². The van der Waals surface area contributed by atoms with Crippen LogP contribution in [0.1, 0.15) is 16.7 Å². The predicted molar refractivity (Wildman–Crippen MR) is 542 cm³/mol. The van der Waals surface area contributed by atoms with Crippen LogP contribution in [0.4, 0.5) is 0 Å². The van der Waals surface area contributed by atoms with Crippen molar-refractivity contribution in [2.75, 3.05) is 33.2 Å². The molecule has 3 nitrogen and oxygen atoms in total. The Bertz CT molecular complexity index is 1990. The van der Waals surface area contributed by atoms with Crippen LogP contribution in [-0.2, 0) is 19.6 Å². The Morgan fingerprint density at radius 3 is 0.606 bits per heavy atom. The molecule has 0 spiro atoms. The molecule has 3 rings (SSSR count). The van der Waals surface area contributed by atoms with E-state index in [0.717, 1.165) is 19.6 Å². The first-order chi connectivity index (χ1) is 45.6. The summed E-state index contributed by atoms with van der Waals surface area (Å²) in [7, 11) is 292. The van der Waals surface area contributed by atoms with Crippen molar-refractivity contribution in [1.82, 2.24) is 15.1 Å². The van der Waals surface area contributed by atoms with Crippen LogP contribution >= 0.6 is 0 Å². The van der Waals surface area contributed by atoms with Crippen molar-refractivity contribution >= 4 is 580 Å². The SMILES string of the molecule is CN1CCN(Cc2ccc3c(c2)CNC3)CC1.[B]B([B])B(B([B])[B])B(B([B])[B])B(B(B([B])[B])B([B])[B])B(B(B(B(B([B])[B])B([B])[B])B(B([B])[B])B([B])[B])B(B(B([B])[B])B([B])[B])B(B([B])[B])B([B])[B])B(B(B(B([B])[B])B([B])[B])B(B([B])[B])B([B])[B])B(B(B([B])[B])B([B])[B])B(B([B])[B])B([B])[B]. The predicted octanol–water partition coefficient (Wildman–Crippen LogP) is -30.2. The zero-order chi connectivity index (χ0) is 76.8. The van der Waals surface area contributed by atoms with Gasteiger partial charge in [-0.3, -0.25) is 4.90 Å². The summed E-state index contributed by atoms with van der Waals surface area (Å²) in [6, 6.07) is 6.97. The van der Waals surface area contributed by atoms with Crippen molar-refractivity contribution in [3.63, 3.8) is 0 Å². The number of piperazine rings is 1. The van der Waals surface area contributed by atoms with Crippen LogP contribution < -0.4 is 5.32 Å². The summed E-state index contributed by atoms with van der Waals surface area (Å²) >= 11 is 0. The van der Waals surface area contributed by atoms with E-state index in [0.29, 0.717) is 0 Å². The first-order valence-corrected chi connectivity index (χ1v) is 33.5. The fraction of sp³-hybridized carbons (Fsp3) is 0.571. The van der Waals surface area contributed by atoms with Gasteiger partial charge in [-0.1, -0.05) is 18.2 Å². The number of likely N-dealkylation sites (N-methyl/N-ethyl adjacent to an activating group) is 1. The third kappa shape index (κ3) is 27.6. The van der Waals surface area contributed by atoms with Crippen LogP contribution in [0.2, 0.25) is 0 Å². The number of benzene rings is 1. The van der Waals surface area contributed by atoms with E-state index in [4.69, 9.17) is 325 Å². The second kappa shape index (κ2) is 46.6. The topological polar surface area (TPSA) is 18.5 Å². The summed E-state index contributed by atoms with van der Waals surface area (Å²) in [5.41, 5.74) is 4.45. The maximum Gasteiger partial charge on any atom is 0.0234 e. The number of fused-ring (bicyclic) bond motifs is 1. The molecule has 1 fully saturated rings. The van der Waals surface area contributed by atoms with E-state index in [9.17, 15) is 0 Å². The fourth-order valence-corrected chi connectivity index (χ4v) is 17.3. The van der Waals surface area contributed by atoms with Crippen LogP contribution in [0.25, 0.3) is 0 Å². The molecule has 0 unspecified atom stereocenters. The Morgan fingerprint density at radius 1 is 0.232 bits per heavy atom. The lowest BCUT2D eigenvalue weighted by Gasteiger charge is -2.61. The van der Waals surface area contributed by atoms with Gasteiger partial charge in [-0.25, -0.2) is 0 Å². The smallest absolute Gasteiger partial charge is 0.0234 e. The van der Waals surface area contributed by atoms with Crippen molar-refractivity contribution in [3.05, 3.63) is 34.9 Å². The molecule has 0 bridgehead atoms. The van der Waals surface area contributed by atoms with Crippen LogP contribution in [0.15, 0.2) is 18.2 Å². The third-order valence-corrected chi connectivity index (χ3v) is 21.2. The lowest BCUT2D eigenvalue weighted by molar-refractivity contribution is 0.148. The molecule has 0 saturated carbocycles. The van der Waals surface area contributed by atoms with Gasteiger partial charge in [0, 0.05) is 626 Å². The Hall–Kier alpha value is 4.42. The minimum atomic E-state index is -1.97. The number of hydrogen-bond acceptors (Lipinski definition) is 3. The van der Waals surface area contributed by atoms with Crippen LogP contribution in [0, 0.1) is 0 Å². The minimum Gasteiger partial charge on any atom is -0.309 e. The number of nitrogens with one attached hydrogen (secondary N) is 1. The molecule has 1 aromatic rings. The van der Waals surface area contributed by atoms with Gasteiger partial charge in [0.1, 0.15) is 0 Å². The molecule has 1 N–H and O–H groups in total. The van der Waals surface area contributed by atoms with Gasteiger partial charge in [0.25, 0.3) is 0 Å². The summed E-state index contributed by atoms with van der Waals surface area (Å²) in [5.74, 6) is 0. The average Bonchev–Trinajstić information content (AvgIpc) is 0.967. The first-order valence-electron chi connectivity index (χ1n) is 33.5. The van der Waals surface area contributed by atoms with Gasteiger partial charge in [-0.15, -0.1) is 0 Å². The van der Waals surface area contributed by atoms with Crippen molar-refractivity contribution in [1.29, 1.82) is 0 Å². The van der Waals surface area contributed by atoms with Gasteiger partial charge >= 0.3 is 0 Å². The highest BCUT2D eigenvalue weighted by Gasteiger charge is 2.66. The molecule has 0 atom stereocenters. The van der Waals surface area contributed by atoms with E-state index < -0.39 is 255 Å². The average molecular weight is 1120 g/mol. The summed E-state index contributed by atoms with van der Waals surface area (Å²) < 4.78 is 0. The molecule has 2 heterocycles. The molecule has 0 amide bonds. The lowest BCUT2D eigenvalue weighted by Crippen LogP contribution is -3.00. The monoisotopic (exact) mass is 1130 g/mol. The van der Waals surface area contributed by atoms with E-state index in [2.05, 4.69) is 40.4 Å². The Kier molecular flexibility index (Phi) is 46.8. The molecule has 338 valence electrons. The maximum absolute atomic E-state index is 7.10. The van der Waals surface area contributed by atoms with E-state index in [1.165, 1.54) is 42.9 Å². The Labute approximate surface area is 676 Å². The summed E-state index contributed by atoms with van der Waals surface area (Å²) in [5, 5.41) is 3.40. The zero-order valence-electron chi connectivity index (χ0n) is 57.9. The van der Waals surface area contributed by atoms with E-state index in [1.807, 2.05) is 0 Å². The first kappa shape index (κ1) is 99.5. The molecular formula is C14H21B82N3. The fourth-order valence-electron chi connectivity index (χ4n) is 17.3. The molecule has 85 heteroatoms. The normalized spacial score (nSPS) is 11.8. The Morgan fingerprint density at radius 2 is 0.404 bits per heavy atom. The van der Waals surface area contributed by atoms with Gasteiger partial charge in [0.05, 0.1) is 0 Å². The van der Waals surface area contributed by atoms with Crippen molar-refractivity contribution < 1.29 is 0 Å². The number of nitrogens with zero attached hydrogens (tertiary/aromatic N) is 2. The van der Waals surface area contributed by atoms with E-state index >= 15 is 0 Å². The van der Waals surface area contributed by atoms with Crippen LogP contribution in [0.5, 0.6) is 0 Å². The largest absolute Gasteiger partial charge is 0.309 e. The zero-order valence-corrected chi connectivity index (χ0v) is 57.9. The highest BCUT2D eigenvalue weighted by atomic mass is 15.2. The molecule has 1 aromatic carbocycles. The van der Waals surface area contributed by atoms with Gasteiger partial charge in [0.2, 0.25) is 0 Å². The number of rotatable bonds is 41. The summed E-state index contributed by atoms with van der Waals surface area (Å²) in [6.45, 7) is 8.01. The minimum absolute atomic E-state index is 1.05. The molecule has 0 aromatic heterocycles. The molecule has 1 saturated heterocycles. The van der Waals surface area contributed by atoms with Crippen molar-refractivity contribution in [2.24, 2.45) is 0 Å². The van der Waals surface area contributed by atoms with Gasteiger partial charge in [-0.2, -0.15) is 0 Å². The highest BCUT2D eigenvalue weighted by Crippen LogP contribution is 2.29. The molecule has 2 aliphatic heterocycles. The quantitative estimate of drug-likeness (QED) is 0.0659. The van der Waals surface area contributed by atoms with E-state index in [1.54, 1.807) is 0 Å². The molecule has 0 aliphatic carbocycles. The van der Waals surface area contributed by atoms with Gasteiger partial charge in [0.15, 0.2) is 0 Å². The highest BCUT2D eigenvalue weighted by molar-refractivity contribution is 8.41. The van der Waals surface area contributed by atoms with Crippen molar-refractivity contribution in [2.45, 2.75) is 19.6 Å². The van der Waals surface area contributed by atoms with Crippen molar-refractivity contribution in [3.8, 4) is 0 Å². The molecule has 2 aliphatic rings. The lowest BCUT2D eigenvalue weighted by atomic mass is 8.20. The van der Waals surface area contributed by atoms with Gasteiger partial charge in [-0.05, 0) is 23.7 Å². The molecular weight excluding hydrogens is 1100 g/mol. The van der Waals surface area contributed by atoms with Gasteiger partial charge < -0.3 is 10.2 Å². The third-order valence-electron chi connectivity index (χ3n) is 21.2. The second-order valence-electron chi connectivity index (χ2n) is 28.4. The standard InChI is InChI=1S/C14H21N3.B82/c1-16-4-6-17(7-5-16)11-12-2-3-13-9-15-10-14(13)8-12;1-43(2)64(44(3)4)74(63(41)42)79(73(61(37)38)62(39)40)82(80(75(65(45(5)6)46(7)8)66(47(9)10)48(11)12)76(67(49(13)14)50(15)16)68(51(17)18)52(19)20)81(77(69(53(21)22)54(23)24)70(55(25)26)56(27)28)78(71(57(29)30)58(31)32)72(59(33)34)60(35)36/h2-3,8,15H,4-7,9-11H2,1H3;. The van der Waals surface area contributed by atoms with Crippen LogP contribution in [-0.4, -0.2) is 623 Å². The Balaban J connectivity index is 0.00000167. The maximum atomic E-state index is 7.10. The summed E-state index contributed by atoms with van der Waals surface area (Å²) in [4.78, 5) is 4.97. The molecule has 99 heavy (non-hydrogen) atoms. The second-order valence-corrected chi connectivity index (χ2v) is 28.4. The van der Waals surface area contributed by atoms with Crippen LogP contribution in [0.3, 0.4) is 0 Å². The molecule has 84 radical (unpaired) electrons. The summed E-state index contributed by atoms with van der Waals surface area (Å²) in [6.07, 6.45) is -68.1. The number of hydrogen-bond donors (Lipinski definition) is 1.